The van der Waals surface area contributed by atoms with Crippen LogP contribution in [-0.2, 0) is 0 Å². The standard InChI is InChI=1S/C12H12N4/c1-2-6-11(13)12-9-14-16(15-12)10-7-4-3-5-8-10/h1,3-5,7-9,11H,6,13H2. The number of terminal acetylenes is 1. The summed E-state index contributed by atoms with van der Waals surface area (Å²) in [7, 11) is 0. The summed E-state index contributed by atoms with van der Waals surface area (Å²) in [5.41, 5.74) is 7.45. The number of nitrogens with zero attached hydrogens (tertiary/aromatic N) is 3. The number of nitrogens with two attached hydrogens (primary N) is 1. The van der Waals surface area contributed by atoms with E-state index in [1.54, 1.807) is 11.0 Å². The van der Waals surface area contributed by atoms with Crippen LogP contribution in [0, 0.1) is 12.3 Å². The molecule has 0 saturated heterocycles. The second kappa shape index (κ2) is 4.60. The van der Waals surface area contributed by atoms with Crippen molar-refractivity contribution in [1.29, 1.82) is 0 Å². The summed E-state index contributed by atoms with van der Waals surface area (Å²) in [4.78, 5) is 1.55. The highest BCUT2D eigenvalue weighted by Crippen LogP contribution is 2.11. The maximum absolute atomic E-state index is 5.84. The number of rotatable bonds is 3. The number of aromatic nitrogens is 3. The first-order valence-electron chi connectivity index (χ1n) is 4.98. The molecule has 0 aliphatic carbocycles. The lowest BCUT2D eigenvalue weighted by molar-refractivity contribution is 0.682. The van der Waals surface area contributed by atoms with Gasteiger partial charge in [-0.05, 0) is 12.1 Å². The van der Waals surface area contributed by atoms with E-state index in [9.17, 15) is 0 Å². The van der Waals surface area contributed by atoms with Crippen molar-refractivity contribution < 1.29 is 0 Å². The molecular weight excluding hydrogens is 200 g/mol. The molecule has 1 aromatic carbocycles. The van der Waals surface area contributed by atoms with Gasteiger partial charge < -0.3 is 5.73 Å². The van der Waals surface area contributed by atoms with Crippen molar-refractivity contribution in [3.63, 3.8) is 0 Å². The van der Waals surface area contributed by atoms with E-state index in [2.05, 4.69) is 16.1 Å². The van der Waals surface area contributed by atoms with Crippen LogP contribution in [0.25, 0.3) is 5.69 Å². The van der Waals surface area contributed by atoms with Crippen LogP contribution in [0.5, 0.6) is 0 Å². The maximum Gasteiger partial charge on any atom is 0.101 e. The molecular formula is C12H12N4. The first-order chi connectivity index (χ1) is 7.81. The lowest BCUT2D eigenvalue weighted by Gasteiger charge is -2.02. The predicted octanol–water partition coefficient (Wildman–Crippen LogP) is 1.29. The van der Waals surface area contributed by atoms with E-state index in [0.717, 1.165) is 5.69 Å². The van der Waals surface area contributed by atoms with Crippen LogP contribution in [0.4, 0.5) is 0 Å². The molecule has 0 spiro atoms. The summed E-state index contributed by atoms with van der Waals surface area (Å²) < 4.78 is 0. The average molecular weight is 212 g/mol. The molecule has 4 heteroatoms. The van der Waals surface area contributed by atoms with Crippen molar-refractivity contribution in [2.45, 2.75) is 12.5 Å². The highest BCUT2D eigenvalue weighted by atomic mass is 15.5. The van der Waals surface area contributed by atoms with Gasteiger partial charge in [-0.3, -0.25) is 0 Å². The third-order valence-electron chi connectivity index (χ3n) is 2.21. The van der Waals surface area contributed by atoms with Gasteiger partial charge in [0.2, 0.25) is 0 Å². The summed E-state index contributed by atoms with van der Waals surface area (Å²) in [6, 6.07) is 9.41. The third-order valence-corrected chi connectivity index (χ3v) is 2.21. The van der Waals surface area contributed by atoms with Gasteiger partial charge in [-0.15, -0.1) is 12.3 Å². The lowest BCUT2D eigenvalue weighted by atomic mass is 10.2. The quantitative estimate of drug-likeness (QED) is 0.780. The average Bonchev–Trinajstić information content (AvgIpc) is 2.80. The summed E-state index contributed by atoms with van der Waals surface area (Å²) >= 11 is 0. The van der Waals surface area contributed by atoms with Gasteiger partial charge in [0, 0.05) is 6.42 Å². The van der Waals surface area contributed by atoms with Gasteiger partial charge in [0.25, 0.3) is 0 Å². The summed E-state index contributed by atoms with van der Waals surface area (Å²) in [5, 5.41) is 8.43. The van der Waals surface area contributed by atoms with Gasteiger partial charge in [-0.1, -0.05) is 18.2 Å². The molecule has 0 fully saturated rings. The van der Waals surface area contributed by atoms with Gasteiger partial charge in [-0.25, -0.2) is 0 Å². The van der Waals surface area contributed by atoms with Crippen LogP contribution in [0.2, 0.25) is 0 Å². The van der Waals surface area contributed by atoms with Crippen molar-refractivity contribution >= 4 is 0 Å². The molecule has 2 aromatic rings. The van der Waals surface area contributed by atoms with Crippen molar-refractivity contribution in [3.05, 3.63) is 42.2 Å². The Kier molecular flexibility index (Phi) is 2.99. The van der Waals surface area contributed by atoms with Gasteiger partial charge in [0.1, 0.15) is 5.69 Å². The Hall–Kier alpha value is -2.12. The molecule has 4 nitrogen and oxygen atoms in total. The van der Waals surface area contributed by atoms with E-state index < -0.39 is 0 Å². The summed E-state index contributed by atoms with van der Waals surface area (Å²) in [6.07, 6.45) is 7.31. The van der Waals surface area contributed by atoms with Crippen LogP contribution in [-0.4, -0.2) is 15.0 Å². The Balaban J connectivity index is 2.24. The van der Waals surface area contributed by atoms with Gasteiger partial charge >= 0.3 is 0 Å². The number of hydrogen-bond acceptors (Lipinski definition) is 3. The molecule has 0 radical (unpaired) electrons. The fourth-order valence-electron chi connectivity index (χ4n) is 1.36. The summed E-state index contributed by atoms with van der Waals surface area (Å²) in [5.74, 6) is 2.51. The molecule has 1 atom stereocenters. The van der Waals surface area contributed by atoms with E-state index >= 15 is 0 Å². The largest absolute Gasteiger partial charge is 0.322 e. The smallest absolute Gasteiger partial charge is 0.101 e. The Morgan fingerprint density at radius 3 is 2.81 bits per heavy atom. The van der Waals surface area contributed by atoms with Crippen LogP contribution >= 0.6 is 0 Å². The minimum atomic E-state index is -0.248. The number of hydrogen-bond donors (Lipinski definition) is 1. The molecule has 1 aromatic heterocycles. The molecule has 1 heterocycles. The monoisotopic (exact) mass is 212 g/mol. The second-order valence-electron chi connectivity index (χ2n) is 3.41. The number of para-hydroxylation sites is 1. The van der Waals surface area contributed by atoms with Crippen molar-refractivity contribution in [1.82, 2.24) is 15.0 Å². The van der Waals surface area contributed by atoms with Crippen LogP contribution in [0.15, 0.2) is 36.5 Å². The second-order valence-corrected chi connectivity index (χ2v) is 3.41. The minimum Gasteiger partial charge on any atom is -0.322 e. The van der Waals surface area contributed by atoms with Crippen LogP contribution in [0.3, 0.4) is 0 Å². The Bertz CT molecular complexity index is 495. The fourth-order valence-corrected chi connectivity index (χ4v) is 1.36. The first-order valence-corrected chi connectivity index (χ1v) is 4.98. The van der Waals surface area contributed by atoms with Gasteiger partial charge in [-0.2, -0.15) is 15.0 Å². The number of benzene rings is 1. The van der Waals surface area contributed by atoms with Crippen molar-refractivity contribution in [2.24, 2.45) is 5.73 Å². The molecule has 2 N–H and O–H groups in total. The van der Waals surface area contributed by atoms with Crippen molar-refractivity contribution in [2.75, 3.05) is 0 Å². The topological polar surface area (TPSA) is 56.7 Å². The maximum atomic E-state index is 5.84. The zero-order valence-corrected chi connectivity index (χ0v) is 8.74. The summed E-state index contributed by atoms with van der Waals surface area (Å²) in [6.45, 7) is 0. The van der Waals surface area contributed by atoms with E-state index in [1.807, 2.05) is 30.3 Å². The minimum absolute atomic E-state index is 0.248. The Morgan fingerprint density at radius 2 is 2.12 bits per heavy atom. The van der Waals surface area contributed by atoms with E-state index in [0.29, 0.717) is 12.1 Å². The van der Waals surface area contributed by atoms with Crippen LogP contribution < -0.4 is 5.73 Å². The molecule has 0 bridgehead atoms. The van der Waals surface area contributed by atoms with Crippen molar-refractivity contribution in [3.8, 4) is 18.0 Å². The highest BCUT2D eigenvalue weighted by Gasteiger charge is 2.09. The molecule has 1 unspecified atom stereocenters. The van der Waals surface area contributed by atoms with E-state index in [4.69, 9.17) is 12.2 Å². The molecule has 0 aliphatic heterocycles. The lowest BCUT2D eigenvalue weighted by Crippen LogP contribution is -2.10. The molecule has 0 amide bonds. The molecule has 0 aliphatic rings. The molecule has 16 heavy (non-hydrogen) atoms. The van der Waals surface area contributed by atoms with Gasteiger partial charge in [0.15, 0.2) is 0 Å². The predicted molar refractivity (Wildman–Crippen MR) is 61.7 cm³/mol. The SMILES string of the molecule is C#CCC(N)c1cnn(-c2ccccc2)n1. The van der Waals surface area contributed by atoms with Crippen LogP contribution in [0.1, 0.15) is 18.2 Å². The zero-order chi connectivity index (χ0) is 11.4. The molecule has 80 valence electrons. The highest BCUT2D eigenvalue weighted by molar-refractivity contribution is 5.28. The normalized spacial score (nSPS) is 12.0. The van der Waals surface area contributed by atoms with E-state index in [1.165, 1.54) is 0 Å². The zero-order valence-electron chi connectivity index (χ0n) is 8.74. The fraction of sp³-hybridized carbons (Fsp3) is 0.167. The third kappa shape index (κ3) is 2.10. The molecule has 0 saturated carbocycles. The van der Waals surface area contributed by atoms with Gasteiger partial charge in [0.05, 0.1) is 17.9 Å². The first kappa shape index (κ1) is 10.4. The Labute approximate surface area is 94.1 Å². The molecule has 2 rings (SSSR count). The van der Waals surface area contributed by atoms with E-state index in [-0.39, 0.29) is 6.04 Å². The Morgan fingerprint density at radius 1 is 1.38 bits per heavy atom.